The van der Waals surface area contributed by atoms with Crippen LogP contribution in [0, 0.1) is 17.3 Å². The number of nitrogens with one attached hydrogen (secondary N) is 5. The first-order valence-corrected chi connectivity index (χ1v) is 12.8. The van der Waals surface area contributed by atoms with Crippen molar-refractivity contribution >= 4 is 23.3 Å². The number of fused-ring (bicyclic) bond motifs is 1. The van der Waals surface area contributed by atoms with Crippen molar-refractivity contribution in [2.75, 3.05) is 29.9 Å². The fourth-order valence-electron chi connectivity index (χ4n) is 5.68. The number of hydrogen-bond acceptors (Lipinski definition) is 7. The van der Waals surface area contributed by atoms with Crippen LogP contribution < -0.4 is 31.7 Å². The Morgan fingerprint density at radius 3 is 2.39 bits per heavy atom. The molecule has 4 atom stereocenters. The third kappa shape index (κ3) is 4.91. The normalized spacial score (nSPS) is 27.2. The number of carboxylic acid groups (broad SMARTS) is 1. The maximum atomic E-state index is 12.7. The largest absolute Gasteiger partial charge is 0.481 e. The van der Waals surface area contributed by atoms with Gasteiger partial charge in [0.2, 0.25) is 5.91 Å². The Morgan fingerprint density at radius 1 is 1.03 bits per heavy atom. The number of hydrogen-bond donors (Lipinski definition) is 6. The van der Waals surface area contributed by atoms with Crippen LogP contribution >= 0.6 is 0 Å². The zero-order chi connectivity index (χ0) is 25.3. The summed E-state index contributed by atoms with van der Waals surface area (Å²) in [6.45, 7) is 6.01. The first-order valence-electron chi connectivity index (χ1n) is 12.8. The summed E-state index contributed by atoms with van der Waals surface area (Å²) in [7, 11) is 0. The van der Waals surface area contributed by atoms with Gasteiger partial charge in [0, 0.05) is 37.1 Å². The smallest absolute Gasteiger partial charge is 0.309 e. The van der Waals surface area contributed by atoms with Gasteiger partial charge in [0.15, 0.2) is 0 Å². The number of amides is 1. The van der Waals surface area contributed by atoms with Crippen LogP contribution in [0.5, 0.6) is 0 Å². The summed E-state index contributed by atoms with van der Waals surface area (Å²) in [5.41, 5.74) is 8.27. The summed E-state index contributed by atoms with van der Waals surface area (Å²) in [6.07, 6.45) is 1.41. The van der Waals surface area contributed by atoms with E-state index in [0.29, 0.717) is 6.54 Å². The molecule has 0 bridgehead atoms. The third-order valence-corrected chi connectivity index (χ3v) is 8.11. The van der Waals surface area contributed by atoms with Gasteiger partial charge in [-0.1, -0.05) is 30.3 Å². The lowest BCUT2D eigenvalue weighted by Gasteiger charge is -2.46. The molecule has 2 aromatic rings. The van der Waals surface area contributed by atoms with E-state index < -0.39 is 11.4 Å². The lowest BCUT2D eigenvalue weighted by Crippen LogP contribution is -2.71. The number of carbonyl (C=O) groups excluding carboxylic acids is 1. The number of piperidine rings is 1. The van der Waals surface area contributed by atoms with Crippen LogP contribution in [0.25, 0.3) is 0 Å². The molecule has 1 amide bonds. The Hall–Kier alpha value is -3.14. The highest BCUT2D eigenvalue weighted by atomic mass is 16.4. The van der Waals surface area contributed by atoms with Gasteiger partial charge < -0.3 is 15.3 Å². The Morgan fingerprint density at radius 2 is 1.72 bits per heavy atom. The summed E-state index contributed by atoms with van der Waals surface area (Å²) in [5.74, 6) is -0.858. The fraction of sp³-hybridized carbons (Fsp3) is 0.481. The molecule has 0 saturated carbocycles. The van der Waals surface area contributed by atoms with E-state index in [9.17, 15) is 14.7 Å². The number of nitrogens with zero attached hydrogens (tertiary/aromatic N) is 1. The summed E-state index contributed by atoms with van der Waals surface area (Å²) >= 11 is 0. The summed E-state index contributed by atoms with van der Waals surface area (Å²) in [6, 6.07) is 18.5. The van der Waals surface area contributed by atoms with E-state index in [-0.39, 0.29) is 36.1 Å². The number of benzene rings is 2. The minimum absolute atomic E-state index is 0.0154. The topological polar surface area (TPSA) is 118 Å². The average molecular weight is 493 g/mol. The molecule has 9 nitrogen and oxygen atoms in total. The van der Waals surface area contributed by atoms with Crippen molar-refractivity contribution in [1.82, 2.24) is 21.5 Å². The molecular weight excluding hydrogens is 456 g/mol. The van der Waals surface area contributed by atoms with E-state index >= 15 is 0 Å². The van der Waals surface area contributed by atoms with Gasteiger partial charge in [-0.2, -0.15) is 0 Å². The molecule has 3 saturated heterocycles. The number of rotatable bonds is 6. The van der Waals surface area contributed by atoms with Gasteiger partial charge in [0.1, 0.15) is 0 Å². The Bertz CT molecular complexity index is 1070. The molecule has 3 heterocycles. The minimum Gasteiger partial charge on any atom is -0.481 e. The predicted octanol–water partition coefficient (Wildman–Crippen LogP) is 2.26. The number of hydrazine groups is 1. The van der Waals surface area contributed by atoms with Gasteiger partial charge in [0.25, 0.3) is 0 Å². The quantitative estimate of drug-likeness (QED) is 0.364. The molecular formula is C27H36N6O3. The van der Waals surface area contributed by atoms with Crippen molar-refractivity contribution in [2.45, 2.75) is 45.1 Å². The summed E-state index contributed by atoms with van der Waals surface area (Å²) in [5, 5.41) is 20.3. The number of carbonyl (C=O) groups is 2. The number of carboxylic acids is 1. The molecule has 0 spiro atoms. The van der Waals surface area contributed by atoms with Crippen molar-refractivity contribution in [3.8, 4) is 0 Å². The molecule has 0 radical (unpaired) electrons. The van der Waals surface area contributed by atoms with Crippen LogP contribution in [0.4, 0.5) is 11.4 Å². The standard InChI is InChI=1S/C27H36N6O3/c1-27(2,26(35)36)18-12-14-33(15-13-18)20-10-8-19(9-11-20)29-24-22-21(16-28-32-25(22)34)30-23(31-24)17-6-4-3-5-7-17/h3-11,18,21-24,28-31H,12-16H2,1-2H3,(H,32,34)(H,35,36). The molecule has 0 aliphatic carbocycles. The second kappa shape index (κ2) is 10.1. The highest BCUT2D eigenvalue weighted by molar-refractivity contribution is 5.81. The molecule has 6 N–H and O–H groups in total. The first kappa shape index (κ1) is 24.5. The predicted molar refractivity (Wildman–Crippen MR) is 139 cm³/mol. The summed E-state index contributed by atoms with van der Waals surface area (Å²) < 4.78 is 0. The zero-order valence-corrected chi connectivity index (χ0v) is 20.8. The lowest BCUT2D eigenvalue weighted by atomic mass is 9.73. The van der Waals surface area contributed by atoms with Crippen LogP contribution in [0.2, 0.25) is 0 Å². The first-order chi connectivity index (χ1) is 17.3. The van der Waals surface area contributed by atoms with E-state index in [1.165, 1.54) is 0 Å². The Labute approximate surface area is 212 Å². The maximum absolute atomic E-state index is 12.7. The molecule has 4 unspecified atom stereocenters. The second-order valence-electron chi connectivity index (χ2n) is 10.6. The summed E-state index contributed by atoms with van der Waals surface area (Å²) in [4.78, 5) is 26.7. The van der Waals surface area contributed by atoms with Crippen molar-refractivity contribution in [3.63, 3.8) is 0 Å². The van der Waals surface area contributed by atoms with Gasteiger partial charge >= 0.3 is 5.97 Å². The van der Waals surface area contributed by atoms with Gasteiger partial charge in [-0.3, -0.25) is 25.6 Å². The monoisotopic (exact) mass is 492 g/mol. The molecule has 5 rings (SSSR count). The van der Waals surface area contributed by atoms with E-state index in [4.69, 9.17) is 0 Å². The highest BCUT2D eigenvalue weighted by Gasteiger charge is 2.44. The van der Waals surface area contributed by atoms with Gasteiger partial charge in [-0.25, -0.2) is 5.43 Å². The molecule has 9 heteroatoms. The van der Waals surface area contributed by atoms with Crippen molar-refractivity contribution in [1.29, 1.82) is 0 Å². The van der Waals surface area contributed by atoms with Gasteiger partial charge in [-0.15, -0.1) is 0 Å². The van der Waals surface area contributed by atoms with Crippen molar-refractivity contribution in [3.05, 3.63) is 60.2 Å². The van der Waals surface area contributed by atoms with Crippen LogP contribution in [0.15, 0.2) is 54.6 Å². The lowest BCUT2D eigenvalue weighted by molar-refractivity contribution is -0.150. The molecule has 36 heavy (non-hydrogen) atoms. The maximum Gasteiger partial charge on any atom is 0.309 e. The van der Waals surface area contributed by atoms with E-state index in [2.05, 4.69) is 68.1 Å². The van der Waals surface area contributed by atoms with Crippen LogP contribution in [0.1, 0.15) is 38.4 Å². The Balaban J connectivity index is 1.26. The van der Waals surface area contributed by atoms with Crippen molar-refractivity contribution in [2.24, 2.45) is 17.3 Å². The van der Waals surface area contributed by atoms with Crippen molar-refractivity contribution < 1.29 is 14.7 Å². The van der Waals surface area contributed by atoms with E-state index in [0.717, 1.165) is 42.9 Å². The molecule has 192 valence electrons. The zero-order valence-electron chi connectivity index (χ0n) is 20.8. The van der Waals surface area contributed by atoms with E-state index in [1.54, 1.807) is 0 Å². The molecule has 2 aromatic carbocycles. The Kier molecular flexibility index (Phi) is 6.87. The number of aliphatic carboxylic acids is 1. The van der Waals surface area contributed by atoms with Gasteiger partial charge in [0.05, 0.1) is 23.7 Å². The molecule has 3 aliphatic rings. The van der Waals surface area contributed by atoms with Crippen LogP contribution in [-0.2, 0) is 9.59 Å². The molecule has 3 aliphatic heterocycles. The molecule has 3 fully saturated rings. The highest BCUT2D eigenvalue weighted by Crippen LogP contribution is 2.36. The average Bonchev–Trinajstić information content (AvgIpc) is 2.89. The third-order valence-electron chi connectivity index (χ3n) is 8.11. The van der Waals surface area contributed by atoms with Gasteiger partial charge in [-0.05, 0) is 62.4 Å². The molecule has 0 aromatic heterocycles. The second-order valence-corrected chi connectivity index (χ2v) is 10.6. The van der Waals surface area contributed by atoms with E-state index in [1.807, 2.05) is 32.0 Å². The minimum atomic E-state index is -0.720. The van der Waals surface area contributed by atoms with Crippen LogP contribution in [0.3, 0.4) is 0 Å². The fourth-order valence-corrected chi connectivity index (χ4v) is 5.68. The number of anilines is 2. The SMILES string of the molecule is CC(C)(C(=O)O)C1CCN(c2ccc(NC3NC(c4ccccc4)NC4CNNC(=O)C43)cc2)CC1. The van der Waals surface area contributed by atoms with Crippen LogP contribution in [-0.4, -0.2) is 48.8 Å².